The predicted octanol–water partition coefficient (Wildman–Crippen LogP) is 2.04. The van der Waals surface area contributed by atoms with Crippen molar-refractivity contribution < 1.29 is 14.3 Å². The van der Waals surface area contributed by atoms with E-state index < -0.39 is 0 Å². The van der Waals surface area contributed by atoms with Crippen molar-refractivity contribution in [1.29, 1.82) is 0 Å². The summed E-state index contributed by atoms with van der Waals surface area (Å²) in [6.07, 6.45) is 3.68. The van der Waals surface area contributed by atoms with Gasteiger partial charge in [0.2, 0.25) is 0 Å². The average molecular weight is 311 g/mol. The van der Waals surface area contributed by atoms with E-state index in [1.807, 2.05) is 40.9 Å². The molecule has 6 heteroatoms. The van der Waals surface area contributed by atoms with Gasteiger partial charge in [0, 0.05) is 6.20 Å². The van der Waals surface area contributed by atoms with Crippen LogP contribution in [0.3, 0.4) is 0 Å². The minimum Gasteiger partial charge on any atom is -0.493 e. The van der Waals surface area contributed by atoms with Gasteiger partial charge >= 0.3 is 0 Å². The molecule has 2 aromatic heterocycles. The third kappa shape index (κ3) is 3.42. The van der Waals surface area contributed by atoms with E-state index in [-0.39, 0.29) is 12.5 Å². The van der Waals surface area contributed by atoms with Crippen LogP contribution in [0.25, 0.3) is 5.52 Å². The highest BCUT2D eigenvalue weighted by atomic mass is 16.5. The van der Waals surface area contributed by atoms with Crippen LogP contribution in [0.5, 0.6) is 11.5 Å². The van der Waals surface area contributed by atoms with Gasteiger partial charge in [-0.25, -0.2) is 4.98 Å². The number of ether oxygens (including phenoxy) is 2. The van der Waals surface area contributed by atoms with E-state index in [1.54, 1.807) is 25.4 Å². The molecule has 0 fully saturated rings. The van der Waals surface area contributed by atoms with Gasteiger partial charge < -0.3 is 19.2 Å². The lowest BCUT2D eigenvalue weighted by Gasteiger charge is -2.10. The van der Waals surface area contributed by atoms with Gasteiger partial charge in [-0.3, -0.25) is 4.79 Å². The van der Waals surface area contributed by atoms with E-state index >= 15 is 0 Å². The standard InChI is InChI=1S/C17H17N3O3/c1-22-14-7-2-3-8-15(14)23-12-17(21)19-11-16-18-10-13-6-4-5-9-20(13)16/h2-10H,11-12H2,1H3,(H,19,21). The molecular formula is C17H17N3O3. The summed E-state index contributed by atoms with van der Waals surface area (Å²) in [7, 11) is 1.56. The first-order valence-corrected chi connectivity index (χ1v) is 7.21. The van der Waals surface area contributed by atoms with Gasteiger partial charge in [0.15, 0.2) is 18.1 Å². The molecule has 0 aliphatic carbocycles. The highest BCUT2D eigenvalue weighted by molar-refractivity contribution is 5.77. The normalized spacial score (nSPS) is 10.5. The Hall–Kier alpha value is -3.02. The van der Waals surface area contributed by atoms with Crippen molar-refractivity contribution in [3.63, 3.8) is 0 Å². The molecule has 0 spiro atoms. The number of hydrogen-bond donors (Lipinski definition) is 1. The number of carbonyl (C=O) groups excluding carboxylic acids is 1. The summed E-state index contributed by atoms with van der Waals surface area (Å²) in [5.41, 5.74) is 0.988. The molecule has 3 aromatic rings. The van der Waals surface area contributed by atoms with Crippen LogP contribution < -0.4 is 14.8 Å². The quantitative estimate of drug-likeness (QED) is 0.756. The summed E-state index contributed by atoms with van der Waals surface area (Å²) in [5, 5.41) is 2.80. The summed E-state index contributed by atoms with van der Waals surface area (Å²) < 4.78 is 12.6. The van der Waals surface area contributed by atoms with Crippen molar-refractivity contribution in [1.82, 2.24) is 14.7 Å². The number of hydrogen-bond acceptors (Lipinski definition) is 4. The monoisotopic (exact) mass is 311 g/mol. The maximum atomic E-state index is 11.9. The van der Waals surface area contributed by atoms with Gasteiger partial charge in [-0.2, -0.15) is 0 Å². The van der Waals surface area contributed by atoms with Gasteiger partial charge in [-0.15, -0.1) is 0 Å². The van der Waals surface area contributed by atoms with E-state index in [4.69, 9.17) is 9.47 Å². The summed E-state index contributed by atoms with van der Waals surface area (Å²) in [4.78, 5) is 16.2. The maximum Gasteiger partial charge on any atom is 0.258 e. The Morgan fingerprint density at radius 1 is 1.17 bits per heavy atom. The maximum absolute atomic E-state index is 11.9. The average Bonchev–Trinajstić information content (AvgIpc) is 3.01. The van der Waals surface area contributed by atoms with Crippen molar-refractivity contribution >= 4 is 11.4 Å². The summed E-state index contributed by atoms with van der Waals surface area (Å²) in [5.74, 6) is 1.69. The first-order valence-electron chi connectivity index (χ1n) is 7.21. The van der Waals surface area contributed by atoms with Crippen LogP contribution in [0.4, 0.5) is 0 Å². The van der Waals surface area contributed by atoms with E-state index in [1.165, 1.54) is 0 Å². The number of imidazole rings is 1. The number of aromatic nitrogens is 2. The Morgan fingerprint density at radius 3 is 2.78 bits per heavy atom. The Morgan fingerprint density at radius 2 is 1.96 bits per heavy atom. The Balaban J connectivity index is 1.56. The highest BCUT2D eigenvalue weighted by Gasteiger charge is 2.08. The molecule has 2 heterocycles. The lowest BCUT2D eigenvalue weighted by molar-refractivity contribution is -0.123. The van der Waals surface area contributed by atoms with Crippen molar-refractivity contribution in [2.75, 3.05) is 13.7 Å². The molecule has 3 rings (SSSR count). The first-order chi connectivity index (χ1) is 11.3. The third-order valence-electron chi connectivity index (χ3n) is 3.39. The van der Waals surface area contributed by atoms with Crippen molar-refractivity contribution in [2.45, 2.75) is 6.54 Å². The van der Waals surface area contributed by atoms with Crippen LogP contribution in [-0.4, -0.2) is 29.0 Å². The van der Waals surface area contributed by atoms with Gasteiger partial charge in [0.1, 0.15) is 5.82 Å². The molecule has 0 saturated heterocycles. The van der Waals surface area contributed by atoms with Gasteiger partial charge in [-0.05, 0) is 24.3 Å². The van der Waals surface area contributed by atoms with E-state index in [0.29, 0.717) is 18.0 Å². The fraction of sp³-hybridized carbons (Fsp3) is 0.176. The molecule has 0 unspecified atom stereocenters. The van der Waals surface area contributed by atoms with Gasteiger partial charge in [0.05, 0.1) is 25.4 Å². The molecule has 1 aromatic carbocycles. The fourth-order valence-electron chi connectivity index (χ4n) is 2.24. The van der Waals surface area contributed by atoms with E-state index in [2.05, 4.69) is 10.3 Å². The molecular weight excluding hydrogens is 294 g/mol. The number of amides is 1. The Labute approximate surface area is 133 Å². The number of nitrogens with zero attached hydrogens (tertiary/aromatic N) is 2. The smallest absolute Gasteiger partial charge is 0.258 e. The topological polar surface area (TPSA) is 64.9 Å². The number of pyridine rings is 1. The SMILES string of the molecule is COc1ccccc1OCC(=O)NCc1ncc2ccccn12. The van der Waals surface area contributed by atoms with Crippen LogP contribution >= 0.6 is 0 Å². The van der Waals surface area contributed by atoms with Crippen molar-refractivity contribution in [3.8, 4) is 11.5 Å². The minimum atomic E-state index is -0.219. The van der Waals surface area contributed by atoms with E-state index in [0.717, 1.165) is 11.3 Å². The highest BCUT2D eigenvalue weighted by Crippen LogP contribution is 2.25. The number of rotatable bonds is 6. The molecule has 6 nitrogen and oxygen atoms in total. The van der Waals surface area contributed by atoms with Crippen LogP contribution in [0.1, 0.15) is 5.82 Å². The lowest BCUT2D eigenvalue weighted by atomic mass is 10.3. The van der Waals surface area contributed by atoms with Gasteiger partial charge in [0.25, 0.3) is 5.91 Å². The zero-order chi connectivity index (χ0) is 16.1. The minimum absolute atomic E-state index is 0.0797. The lowest BCUT2D eigenvalue weighted by Crippen LogP contribution is -2.29. The van der Waals surface area contributed by atoms with Crippen LogP contribution in [0, 0.1) is 0 Å². The zero-order valence-corrected chi connectivity index (χ0v) is 12.7. The second-order valence-electron chi connectivity index (χ2n) is 4.89. The largest absolute Gasteiger partial charge is 0.493 e. The summed E-state index contributed by atoms with van der Waals surface area (Å²) in [6, 6.07) is 13.0. The molecule has 0 aliphatic heterocycles. The van der Waals surface area contributed by atoms with Crippen LogP contribution in [0.2, 0.25) is 0 Å². The van der Waals surface area contributed by atoms with Crippen molar-refractivity contribution in [2.24, 2.45) is 0 Å². The van der Waals surface area contributed by atoms with Gasteiger partial charge in [-0.1, -0.05) is 18.2 Å². The summed E-state index contributed by atoms with van der Waals surface area (Å²) in [6.45, 7) is 0.260. The number of fused-ring (bicyclic) bond motifs is 1. The van der Waals surface area contributed by atoms with Crippen LogP contribution in [-0.2, 0) is 11.3 Å². The molecule has 0 radical (unpaired) electrons. The number of benzene rings is 1. The molecule has 0 atom stereocenters. The Kier molecular flexibility index (Phi) is 4.42. The first kappa shape index (κ1) is 14.9. The zero-order valence-electron chi connectivity index (χ0n) is 12.7. The number of methoxy groups -OCH3 is 1. The molecule has 1 amide bonds. The molecule has 0 saturated carbocycles. The molecule has 0 bridgehead atoms. The van der Waals surface area contributed by atoms with Crippen molar-refractivity contribution in [3.05, 3.63) is 60.7 Å². The third-order valence-corrected chi connectivity index (χ3v) is 3.39. The number of para-hydroxylation sites is 2. The predicted molar refractivity (Wildman–Crippen MR) is 85.5 cm³/mol. The second-order valence-corrected chi connectivity index (χ2v) is 4.89. The van der Waals surface area contributed by atoms with Crippen LogP contribution in [0.15, 0.2) is 54.9 Å². The molecule has 23 heavy (non-hydrogen) atoms. The fourth-order valence-corrected chi connectivity index (χ4v) is 2.24. The number of nitrogens with one attached hydrogen (secondary N) is 1. The molecule has 0 aliphatic rings. The van der Waals surface area contributed by atoms with E-state index in [9.17, 15) is 4.79 Å². The summed E-state index contributed by atoms with van der Waals surface area (Å²) >= 11 is 0. The molecule has 1 N–H and O–H groups in total. The number of carbonyl (C=O) groups is 1. The molecule has 118 valence electrons. The Bertz CT molecular complexity index is 813. The second kappa shape index (κ2) is 6.83.